The minimum absolute atomic E-state index is 0.00542. The van der Waals surface area contributed by atoms with Crippen molar-refractivity contribution >= 4 is 55.2 Å². The van der Waals surface area contributed by atoms with Gasteiger partial charge in [-0.3, -0.25) is 14.4 Å². The summed E-state index contributed by atoms with van der Waals surface area (Å²) in [6, 6.07) is -0.273. The first-order valence-electron chi connectivity index (χ1n) is 14.1. The fourth-order valence-electron chi connectivity index (χ4n) is 4.61. The molecule has 0 aliphatic carbocycles. The molecule has 0 aromatic rings. The second kappa shape index (κ2) is 18.7. The Hall–Kier alpha value is -1.71. The Labute approximate surface area is 245 Å². The van der Waals surface area contributed by atoms with Gasteiger partial charge < -0.3 is 32.3 Å². The van der Waals surface area contributed by atoms with Crippen LogP contribution >= 0.6 is 22.6 Å². The minimum atomic E-state index is -3.12. The summed E-state index contributed by atoms with van der Waals surface area (Å²) in [5, 5.41) is 14.8. The van der Waals surface area contributed by atoms with E-state index < -0.39 is 14.9 Å². The summed E-state index contributed by atoms with van der Waals surface area (Å²) in [6.07, 6.45) is 9.26. The van der Waals surface area contributed by atoms with Crippen LogP contribution in [0.4, 0.5) is 4.79 Å². The average Bonchev–Trinajstić information content (AvgIpc) is 3.44. The van der Waals surface area contributed by atoms with Gasteiger partial charge in [0.1, 0.15) is 0 Å². The lowest BCUT2D eigenvalue weighted by molar-refractivity contribution is -0.123. The summed E-state index contributed by atoms with van der Waals surface area (Å²) >= 11 is 1.89. The number of nitrogens with one attached hydrogen (secondary N) is 5. The lowest BCUT2D eigenvalue weighted by Crippen LogP contribution is -2.41. The predicted octanol–water partition coefficient (Wildman–Crippen LogP) is 0.812. The van der Waals surface area contributed by atoms with E-state index in [0.717, 1.165) is 67.7 Å². The Bertz CT molecular complexity index is 938. The van der Waals surface area contributed by atoms with Gasteiger partial charge in [-0.1, -0.05) is 12.8 Å². The Morgan fingerprint density at radius 3 is 2.27 bits per heavy atom. The highest BCUT2D eigenvalue weighted by molar-refractivity contribution is 8.71. The standard InChI is InChI=1S/C25H46N6O6S3/c1-40(36,37)39-16-15-29-24(34)18(26)9-6-8-14-28-21(32)11-3-2-7-13-27-22(33)12-5-4-10-20-23-19(17-38-20)30-25(35)31-23/h18-20,23H,2-17,26H2,1H3,(H,27,33)(H,28,32)(H,29,34)(H2,30,31,35)/t18-,19+,20-,23-/m0/s1. The van der Waals surface area contributed by atoms with Crippen LogP contribution in [0, 0.1) is 0 Å². The Kier molecular flexibility index (Phi) is 16.1. The maximum Gasteiger partial charge on any atom is 0.315 e. The molecule has 4 atom stereocenters. The molecule has 2 rings (SSSR count). The molecule has 2 aliphatic heterocycles. The molecule has 0 aromatic carbocycles. The third-order valence-electron chi connectivity index (χ3n) is 6.78. The van der Waals surface area contributed by atoms with Crippen LogP contribution in [-0.4, -0.2) is 92.9 Å². The number of amides is 5. The predicted molar refractivity (Wildman–Crippen MR) is 161 cm³/mol. The molecule has 0 bridgehead atoms. The molecule has 2 saturated heterocycles. The molecule has 0 spiro atoms. The average molecular weight is 623 g/mol. The number of thioether (sulfide) groups is 1. The van der Waals surface area contributed by atoms with Gasteiger partial charge in [0, 0.05) is 55.5 Å². The third kappa shape index (κ3) is 14.8. The Morgan fingerprint density at radius 1 is 0.950 bits per heavy atom. The molecule has 7 N–H and O–H groups in total. The van der Waals surface area contributed by atoms with Crippen molar-refractivity contribution in [2.45, 2.75) is 94.0 Å². The molecule has 15 heteroatoms. The summed E-state index contributed by atoms with van der Waals surface area (Å²) in [7, 11) is -2.33. The molecule has 40 heavy (non-hydrogen) atoms. The molecule has 2 aliphatic rings. The summed E-state index contributed by atoms with van der Waals surface area (Å²) < 4.78 is 22.1. The monoisotopic (exact) mass is 622 g/mol. The highest BCUT2D eigenvalue weighted by Crippen LogP contribution is 2.33. The van der Waals surface area contributed by atoms with Crippen LogP contribution < -0.4 is 32.3 Å². The van der Waals surface area contributed by atoms with Crippen LogP contribution in [0.1, 0.15) is 70.6 Å². The quantitative estimate of drug-likeness (QED) is 0.0611. The van der Waals surface area contributed by atoms with Gasteiger partial charge in [-0.15, -0.1) is 0 Å². The van der Waals surface area contributed by atoms with Crippen molar-refractivity contribution < 1.29 is 27.6 Å². The Balaban J connectivity index is 1.35. The van der Waals surface area contributed by atoms with Gasteiger partial charge >= 0.3 is 6.03 Å². The van der Waals surface area contributed by atoms with Gasteiger partial charge in [-0.25, -0.2) is 13.2 Å². The van der Waals surface area contributed by atoms with Crippen LogP contribution in [0.2, 0.25) is 0 Å². The van der Waals surface area contributed by atoms with Gasteiger partial charge in [0.05, 0.1) is 18.1 Å². The normalized spacial score (nSPS) is 20.8. The zero-order valence-electron chi connectivity index (χ0n) is 23.4. The fourth-order valence-corrected chi connectivity index (χ4v) is 7.80. The Morgan fingerprint density at radius 2 is 1.60 bits per heavy atom. The third-order valence-corrected chi connectivity index (χ3v) is 10.9. The molecular formula is C25H46N6O6S3. The zero-order chi connectivity index (χ0) is 29.4. The zero-order valence-corrected chi connectivity index (χ0v) is 25.8. The summed E-state index contributed by atoms with van der Waals surface area (Å²) in [6.45, 7) is 1.39. The van der Waals surface area contributed by atoms with E-state index in [2.05, 4.69) is 26.6 Å². The van der Waals surface area contributed by atoms with Gasteiger partial charge in [-0.2, -0.15) is 11.8 Å². The number of carbonyl (C=O) groups is 4. The molecular weight excluding hydrogens is 577 g/mol. The first-order chi connectivity index (χ1) is 19.0. The van der Waals surface area contributed by atoms with Crippen molar-refractivity contribution in [2.75, 3.05) is 37.4 Å². The van der Waals surface area contributed by atoms with Crippen LogP contribution in [0.5, 0.6) is 0 Å². The number of unbranched alkanes of at least 4 members (excludes halogenated alkanes) is 4. The SMILES string of the molecule is CS(=O)(=O)SCCNC(=O)[C@@H](N)CCCCNC(=O)CCCCCNC(=O)CCCC[C@@H]1SC[C@H]2NC(=O)N[C@H]12. The second-order valence-corrected chi connectivity index (χ2v) is 16.1. The van der Waals surface area contributed by atoms with Crippen molar-refractivity contribution in [3.05, 3.63) is 0 Å². The largest absolute Gasteiger partial charge is 0.356 e. The summed E-state index contributed by atoms with van der Waals surface area (Å²) in [5.41, 5.74) is 5.86. The molecule has 12 nitrogen and oxygen atoms in total. The van der Waals surface area contributed by atoms with Crippen molar-refractivity contribution in [1.82, 2.24) is 26.6 Å². The highest BCUT2D eigenvalue weighted by atomic mass is 33.1. The van der Waals surface area contributed by atoms with Gasteiger partial charge in [0.15, 0.2) is 8.87 Å². The van der Waals surface area contributed by atoms with E-state index in [-0.39, 0.29) is 48.1 Å². The molecule has 0 saturated carbocycles. The molecule has 5 amide bonds. The van der Waals surface area contributed by atoms with E-state index in [1.807, 2.05) is 11.8 Å². The molecule has 0 unspecified atom stereocenters. The lowest BCUT2D eigenvalue weighted by Gasteiger charge is -2.16. The maximum absolute atomic E-state index is 12.1. The number of rotatable bonds is 21. The van der Waals surface area contributed by atoms with E-state index in [4.69, 9.17) is 5.73 Å². The minimum Gasteiger partial charge on any atom is -0.356 e. The van der Waals surface area contributed by atoms with E-state index in [9.17, 15) is 27.6 Å². The van der Waals surface area contributed by atoms with Gasteiger partial charge in [0.25, 0.3) is 0 Å². The molecule has 0 radical (unpaired) electrons. The number of hydrogen-bond acceptors (Lipinski definition) is 9. The highest BCUT2D eigenvalue weighted by Gasteiger charge is 2.42. The molecule has 0 aromatic heterocycles. The van der Waals surface area contributed by atoms with Crippen molar-refractivity contribution in [1.29, 1.82) is 0 Å². The lowest BCUT2D eigenvalue weighted by atomic mass is 10.0. The number of fused-ring (bicyclic) bond motifs is 1. The van der Waals surface area contributed by atoms with E-state index in [1.165, 1.54) is 0 Å². The molecule has 2 fully saturated rings. The van der Waals surface area contributed by atoms with Crippen LogP contribution in [-0.2, 0) is 23.3 Å². The smallest absolute Gasteiger partial charge is 0.315 e. The number of carbonyl (C=O) groups excluding carboxylic acids is 4. The first-order valence-corrected chi connectivity index (χ1v) is 18.6. The second-order valence-electron chi connectivity index (χ2n) is 10.3. The van der Waals surface area contributed by atoms with Crippen molar-refractivity contribution in [2.24, 2.45) is 5.73 Å². The first kappa shape index (κ1) is 34.5. The van der Waals surface area contributed by atoms with Gasteiger partial charge in [0.2, 0.25) is 17.7 Å². The van der Waals surface area contributed by atoms with E-state index in [1.54, 1.807) is 0 Å². The summed E-state index contributed by atoms with van der Waals surface area (Å²) in [4.78, 5) is 47.4. The topological polar surface area (TPSA) is 189 Å². The van der Waals surface area contributed by atoms with Crippen molar-refractivity contribution in [3.63, 3.8) is 0 Å². The number of hydrogen-bond donors (Lipinski definition) is 6. The van der Waals surface area contributed by atoms with Crippen LogP contribution in [0.25, 0.3) is 0 Å². The summed E-state index contributed by atoms with van der Waals surface area (Å²) in [5.74, 6) is 0.987. The number of urea groups is 1. The van der Waals surface area contributed by atoms with E-state index >= 15 is 0 Å². The van der Waals surface area contributed by atoms with E-state index in [0.29, 0.717) is 44.0 Å². The molecule has 230 valence electrons. The van der Waals surface area contributed by atoms with Crippen LogP contribution in [0.15, 0.2) is 0 Å². The maximum atomic E-state index is 12.1. The van der Waals surface area contributed by atoms with Crippen LogP contribution in [0.3, 0.4) is 0 Å². The van der Waals surface area contributed by atoms with Gasteiger partial charge in [-0.05, 0) is 55.7 Å². The molecule has 2 heterocycles. The van der Waals surface area contributed by atoms with Crippen molar-refractivity contribution in [3.8, 4) is 0 Å². The number of nitrogens with two attached hydrogens (primary N) is 1. The fraction of sp³-hybridized carbons (Fsp3) is 0.840.